The van der Waals surface area contributed by atoms with Crippen LogP contribution >= 0.6 is 11.6 Å². The number of aromatic nitrogens is 3. The Morgan fingerprint density at radius 1 is 0.953 bits per heavy atom. The van der Waals surface area contributed by atoms with Crippen molar-refractivity contribution >= 4 is 51.1 Å². The lowest BCUT2D eigenvalue weighted by atomic mass is 9.86. The molecule has 4 N–H and O–H groups in total. The highest BCUT2D eigenvalue weighted by atomic mass is 35.5. The summed E-state index contributed by atoms with van der Waals surface area (Å²) in [6, 6.07) is 7.71. The molecule has 14 heteroatoms. The number of fused-ring (bicyclic) bond motifs is 1. The van der Waals surface area contributed by atoms with Crippen molar-refractivity contribution < 1.29 is 17.6 Å². The van der Waals surface area contributed by atoms with Crippen molar-refractivity contribution in [3.63, 3.8) is 0 Å². The fourth-order valence-electron chi connectivity index (χ4n) is 9.64. The molecule has 9 rings (SSSR count). The number of rotatable bonds is 10. The number of hydrogen-bond acceptors (Lipinski definition) is 8. The zero-order valence-corrected chi connectivity index (χ0v) is 38.2. The summed E-state index contributed by atoms with van der Waals surface area (Å²) in [6.45, 7) is 19.7. The normalized spacial score (nSPS) is 22.0. The highest BCUT2D eigenvalue weighted by Gasteiger charge is 2.39. The lowest BCUT2D eigenvalue weighted by Gasteiger charge is -2.38. The van der Waals surface area contributed by atoms with Gasteiger partial charge in [0.05, 0.1) is 40.0 Å². The Morgan fingerprint density at radius 2 is 1.69 bits per heavy atom. The third-order valence-corrected chi connectivity index (χ3v) is 14.0. The lowest BCUT2D eigenvalue weighted by Crippen LogP contribution is -2.41. The quantitative estimate of drug-likeness (QED) is 0.117. The van der Waals surface area contributed by atoms with Crippen LogP contribution in [-0.2, 0) is 7.05 Å². The van der Waals surface area contributed by atoms with E-state index in [1.165, 1.54) is 38.5 Å². The lowest BCUT2D eigenvalue weighted by molar-refractivity contribution is -0.0320. The van der Waals surface area contributed by atoms with Crippen LogP contribution in [0.3, 0.4) is 0 Å². The van der Waals surface area contributed by atoms with Crippen molar-refractivity contribution in [2.75, 3.05) is 48.3 Å². The minimum Gasteiger partial charge on any atom is -0.376 e. The maximum atomic E-state index is 16.3. The standard InChI is InChI=1S/C47H56ClF4N9.C3H6/c1-7-53-39-23-38(49)41(22-36(39)44-27(2)12-17-47(51,52)30(5)56-44)57-40-24-42(54-25-37(40)48)61-20-13-31(14-21-61)26-60-18-15-32(16-19-60)34-10-11-35-45(58-59(6)46(35)43(34)50)33-9-8-28(3)55-29(33)4;1-2-3-1/h7,10-11,22-25,30-33,53,55-56H,1,3-4,8-9,12-21,26H2,2,5-6H3,(H,54,57);1-3H2. The Hall–Kier alpha value is -5.01. The molecule has 1 aliphatic carbocycles. The molecule has 342 valence electrons. The minimum absolute atomic E-state index is 0.0200. The third-order valence-electron chi connectivity index (χ3n) is 13.7. The smallest absolute Gasteiger partial charge is 0.267 e. The number of aryl methyl sites for hydroxylation is 1. The van der Waals surface area contributed by atoms with E-state index in [1.54, 1.807) is 16.9 Å². The molecule has 3 saturated heterocycles. The maximum absolute atomic E-state index is 16.3. The Kier molecular flexibility index (Phi) is 13.7. The monoisotopic (exact) mass is 899 g/mol. The maximum Gasteiger partial charge on any atom is 0.267 e. The first-order chi connectivity index (χ1) is 30.7. The van der Waals surface area contributed by atoms with Gasteiger partial charge < -0.3 is 31.1 Å². The number of allylic oxidation sites excluding steroid dienone is 3. The van der Waals surface area contributed by atoms with Crippen molar-refractivity contribution in [3.05, 3.63) is 113 Å². The van der Waals surface area contributed by atoms with Gasteiger partial charge in [-0.3, -0.25) is 4.68 Å². The van der Waals surface area contributed by atoms with Crippen molar-refractivity contribution in [3.8, 4) is 0 Å². The van der Waals surface area contributed by atoms with Gasteiger partial charge in [-0.05, 0) is 107 Å². The number of benzene rings is 2. The van der Waals surface area contributed by atoms with Crippen molar-refractivity contribution in [2.45, 2.75) is 108 Å². The first-order valence-corrected chi connectivity index (χ1v) is 23.3. The molecule has 0 bridgehead atoms. The van der Waals surface area contributed by atoms with Gasteiger partial charge in [-0.2, -0.15) is 5.10 Å². The molecular weight excluding hydrogens is 838 g/mol. The van der Waals surface area contributed by atoms with E-state index in [2.05, 4.69) is 61.9 Å². The second kappa shape index (κ2) is 19.2. The summed E-state index contributed by atoms with van der Waals surface area (Å²) in [7, 11) is 1.83. The zero-order chi connectivity index (χ0) is 45.3. The third kappa shape index (κ3) is 9.95. The SMILES string of the molecule is C1CC1.C=CNc1cc(F)c(Nc2cc(N3CCC(CN4CCC(c5ccc6c(C7CCC(=C)NC7=C)nn(C)c6c5F)CC4)CC3)ncc2Cl)cc1C1=C(C)CCC(F)(F)C(C)N1. The van der Waals surface area contributed by atoms with Gasteiger partial charge in [-0.25, -0.2) is 22.5 Å². The molecule has 2 aromatic heterocycles. The number of pyridine rings is 1. The summed E-state index contributed by atoms with van der Waals surface area (Å²) in [4.78, 5) is 9.39. The van der Waals surface area contributed by atoms with Crippen LogP contribution in [0.15, 0.2) is 79.4 Å². The summed E-state index contributed by atoms with van der Waals surface area (Å²) in [5, 5.41) is 18.4. The molecule has 4 fully saturated rings. The number of piperidine rings is 3. The molecule has 64 heavy (non-hydrogen) atoms. The number of halogens is 5. The van der Waals surface area contributed by atoms with Gasteiger partial charge in [0.25, 0.3) is 5.92 Å². The predicted molar refractivity (Wildman–Crippen MR) is 253 cm³/mol. The van der Waals surface area contributed by atoms with Crippen LogP contribution in [-0.4, -0.2) is 64.4 Å². The summed E-state index contributed by atoms with van der Waals surface area (Å²) in [5.74, 6) is -2.16. The second-order valence-electron chi connectivity index (χ2n) is 18.4. The molecule has 4 aliphatic heterocycles. The number of hydrogen-bond donors (Lipinski definition) is 4. The zero-order valence-electron chi connectivity index (χ0n) is 37.4. The predicted octanol–water partition coefficient (Wildman–Crippen LogP) is 12.1. The summed E-state index contributed by atoms with van der Waals surface area (Å²) in [5.41, 5.74) is 6.91. The number of alkyl halides is 2. The minimum atomic E-state index is -2.89. The average Bonchev–Trinajstić information content (AvgIpc) is 4.13. The van der Waals surface area contributed by atoms with Crippen molar-refractivity contribution in [2.24, 2.45) is 13.0 Å². The summed E-state index contributed by atoms with van der Waals surface area (Å²) >= 11 is 6.63. The Morgan fingerprint density at radius 3 is 2.38 bits per heavy atom. The van der Waals surface area contributed by atoms with E-state index in [9.17, 15) is 8.78 Å². The molecule has 0 radical (unpaired) electrons. The molecule has 2 aromatic carbocycles. The van der Waals surface area contributed by atoms with Gasteiger partial charge in [-0.1, -0.05) is 62.7 Å². The Balaban J connectivity index is 0.00000179. The molecule has 2 atom stereocenters. The van der Waals surface area contributed by atoms with E-state index in [0.29, 0.717) is 39.1 Å². The van der Waals surface area contributed by atoms with Crippen LogP contribution in [0.4, 0.5) is 40.4 Å². The van der Waals surface area contributed by atoms with E-state index in [-0.39, 0.29) is 36.2 Å². The topological polar surface area (TPSA) is 85.3 Å². The van der Waals surface area contributed by atoms with Crippen molar-refractivity contribution in [1.29, 1.82) is 0 Å². The molecule has 5 aliphatic rings. The van der Waals surface area contributed by atoms with Gasteiger partial charge in [-0.15, -0.1) is 0 Å². The Bertz CT molecular complexity index is 2420. The molecule has 4 aromatic rings. The Labute approximate surface area is 380 Å². The molecular formula is C50H62ClF4N9. The molecule has 0 amide bonds. The number of anilines is 4. The van der Waals surface area contributed by atoms with E-state index < -0.39 is 17.8 Å². The van der Waals surface area contributed by atoms with E-state index in [1.807, 2.05) is 26.1 Å². The molecule has 0 spiro atoms. The van der Waals surface area contributed by atoms with Crippen LogP contribution in [0.5, 0.6) is 0 Å². The van der Waals surface area contributed by atoms with E-state index in [0.717, 1.165) is 111 Å². The van der Waals surface area contributed by atoms with Crippen LogP contribution in [0.2, 0.25) is 5.02 Å². The van der Waals surface area contributed by atoms with Gasteiger partial charge >= 0.3 is 0 Å². The van der Waals surface area contributed by atoms with Crippen LogP contribution in [0, 0.1) is 17.6 Å². The van der Waals surface area contributed by atoms with Crippen LogP contribution in [0.1, 0.15) is 113 Å². The summed E-state index contributed by atoms with van der Waals surface area (Å²) < 4.78 is 63.1. The van der Waals surface area contributed by atoms with Crippen molar-refractivity contribution in [1.82, 2.24) is 30.3 Å². The molecule has 2 unspecified atom stereocenters. The van der Waals surface area contributed by atoms with E-state index >= 15 is 8.78 Å². The van der Waals surface area contributed by atoms with Gasteiger partial charge in [0.1, 0.15) is 17.2 Å². The highest BCUT2D eigenvalue weighted by molar-refractivity contribution is 6.33. The number of likely N-dealkylation sites (tertiary alicyclic amines) is 1. The van der Waals surface area contributed by atoms with E-state index in [4.69, 9.17) is 16.7 Å². The molecule has 1 saturated carbocycles. The van der Waals surface area contributed by atoms with Gasteiger partial charge in [0.15, 0.2) is 5.82 Å². The molecule has 9 nitrogen and oxygen atoms in total. The van der Waals surface area contributed by atoms with Crippen LogP contribution in [0.25, 0.3) is 16.6 Å². The molecule has 6 heterocycles. The summed E-state index contributed by atoms with van der Waals surface area (Å²) in [6.07, 6.45) is 12.9. The fraction of sp³-hybridized carbons (Fsp3) is 0.480. The van der Waals surface area contributed by atoms with Gasteiger partial charge in [0.2, 0.25) is 0 Å². The van der Waals surface area contributed by atoms with Gasteiger partial charge in [0, 0.05) is 79.2 Å². The first kappa shape index (κ1) is 45.6. The second-order valence-corrected chi connectivity index (χ2v) is 18.8. The highest BCUT2D eigenvalue weighted by Crippen LogP contribution is 2.41. The number of nitrogens with zero attached hydrogens (tertiary/aromatic N) is 5. The van der Waals surface area contributed by atoms with Crippen LogP contribution < -0.4 is 26.2 Å². The average molecular weight is 901 g/mol. The number of nitrogens with one attached hydrogen (secondary N) is 4. The fourth-order valence-corrected chi connectivity index (χ4v) is 9.79. The first-order valence-electron chi connectivity index (χ1n) is 22.9. The largest absolute Gasteiger partial charge is 0.376 e.